The van der Waals surface area contributed by atoms with E-state index in [0.29, 0.717) is 6.04 Å². The van der Waals surface area contributed by atoms with Crippen LogP contribution < -0.4 is 5.32 Å². The molecule has 0 saturated carbocycles. The summed E-state index contributed by atoms with van der Waals surface area (Å²) in [5.74, 6) is 0. The maximum absolute atomic E-state index is 5.79. The first kappa shape index (κ1) is 16.2. The summed E-state index contributed by atoms with van der Waals surface area (Å²) in [5.41, 5.74) is 1.30. The summed E-state index contributed by atoms with van der Waals surface area (Å²) in [6.45, 7) is 3.90. The Morgan fingerprint density at radius 2 is 1.68 bits per heavy atom. The molecule has 0 bridgehead atoms. The van der Waals surface area contributed by atoms with Crippen molar-refractivity contribution in [1.82, 2.24) is 5.32 Å². The summed E-state index contributed by atoms with van der Waals surface area (Å²) in [6, 6.07) is 10.8. The third-order valence-electron chi connectivity index (χ3n) is 3.48. The van der Waals surface area contributed by atoms with Gasteiger partial charge >= 0.3 is 0 Å². The number of nitrogens with one attached hydrogen (secondary N) is 1. The Bertz CT molecular complexity index is 299. The van der Waals surface area contributed by atoms with E-state index >= 15 is 0 Å². The Morgan fingerprint density at radius 1 is 1.00 bits per heavy atom. The van der Waals surface area contributed by atoms with Crippen molar-refractivity contribution >= 4 is 0 Å². The minimum Gasteiger partial charge on any atom is -0.379 e. The quantitative estimate of drug-likeness (QED) is 0.600. The molecule has 0 saturated heterocycles. The highest BCUT2D eigenvalue weighted by molar-refractivity contribution is 5.18. The fraction of sp³-hybridized carbons (Fsp3) is 0.647. The van der Waals surface area contributed by atoms with Gasteiger partial charge in [-0.25, -0.2) is 0 Å². The SMILES string of the molecule is CCCCCCCCOCC(NC)c1ccccc1. The molecule has 0 spiro atoms. The lowest BCUT2D eigenvalue weighted by atomic mass is 10.1. The molecule has 0 aliphatic carbocycles. The number of benzene rings is 1. The molecule has 1 unspecified atom stereocenters. The van der Waals surface area contributed by atoms with Gasteiger partial charge in [-0.2, -0.15) is 0 Å². The first-order valence-corrected chi connectivity index (χ1v) is 7.68. The Morgan fingerprint density at radius 3 is 2.37 bits per heavy atom. The minimum absolute atomic E-state index is 0.307. The van der Waals surface area contributed by atoms with E-state index < -0.39 is 0 Å². The van der Waals surface area contributed by atoms with Crippen LogP contribution >= 0.6 is 0 Å². The zero-order valence-corrected chi connectivity index (χ0v) is 12.5. The van der Waals surface area contributed by atoms with E-state index in [0.717, 1.165) is 13.2 Å². The van der Waals surface area contributed by atoms with Crippen LogP contribution in [-0.4, -0.2) is 20.3 Å². The molecule has 0 heterocycles. The van der Waals surface area contributed by atoms with Crippen LogP contribution in [0.5, 0.6) is 0 Å². The van der Waals surface area contributed by atoms with E-state index in [4.69, 9.17) is 4.74 Å². The van der Waals surface area contributed by atoms with Crippen LogP contribution in [-0.2, 0) is 4.74 Å². The van der Waals surface area contributed by atoms with Gasteiger partial charge in [-0.3, -0.25) is 0 Å². The summed E-state index contributed by atoms with van der Waals surface area (Å²) in [4.78, 5) is 0. The smallest absolute Gasteiger partial charge is 0.0661 e. The second-order valence-corrected chi connectivity index (χ2v) is 5.09. The first-order valence-electron chi connectivity index (χ1n) is 7.68. The minimum atomic E-state index is 0.307. The van der Waals surface area contributed by atoms with Crippen molar-refractivity contribution in [1.29, 1.82) is 0 Å². The van der Waals surface area contributed by atoms with Crippen molar-refractivity contribution in [3.05, 3.63) is 35.9 Å². The summed E-state index contributed by atoms with van der Waals surface area (Å²) in [7, 11) is 1.99. The zero-order valence-electron chi connectivity index (χ0n) is 12.5. The molecule has 1 atom stereocenters. The van der Waals surface area contributed by atoms with Crippen molar-refractivity contribution in [2.75, 3.05) is 20.3 Å². The number of unbranched alkanes of at least 4 members (excludes halogenated alkanes) is 5. The Kier molecular flexibility index (Phi) is 9.38. The zero-order chi connectivity index (χ0) is 13.8. The van der Waals surface area contributed by atoms with Gasteiger partial charge in [0.15, 0.2) is 0 Å². The molecule has 1 aromatic rings. The summed E-state index contributed by atoms with van der Waals surface area (Å²) in [6.07, 6.45) is 7.91. The average Bonchev–Trinajstić information content (AvgIpc) is 2.47. The van der Waals surface area contributed by atoms with Gasteiger partial charge in [0.2, 0.25) is 0 Å². The molecule has 1 N–H and O–H groups in total. The summed E-state index contributed by atoms with van der Waals surface area (Å²) in [5, 5.41) is 3.31. The van der Waals surface area contributed by atoms with Gasteiger partial charge in [0.25, 0.3) is 0 Å². The number of hydrogen-bond acceptors (Lipinski definition) is 2. The first-order chi connectivity index (χ1) is 9.38. The van der Waals surface area contributed by atoms with Gasteiger partial charge in [0.1, 0.15) is 0 Å². The molecule has 1 aromatic carbocycles. The number of rotatable bonds is 11. The highest BCUT2D eigenvalue weighted by Crippen LogP contribution is 2.12. The second-order valence-electron chi connectivity index (χ2n) is 5.09. The highest BCUT2D eigenvalue weighted by atomic mass is 16.5. The maximum Gasteiger partial charge on any atom is 0.0661 e. The van der Waals surface area contributed by atoms with Crippen LogP contribution in [0.15, 0.2) is 30.3 Å². The van der Waals surface area contributed by atoms with E-state index in [9.17, 15) is 0 Å². The molecule has 108 valence electrons. The van der Waals surface area contributed by atoms with E-state index in [2.05, 4.69) is 36.5 Å². The van der Waals surface area contributed by atoms with Gasteiger partial charge in [-0.15, -0.1) is 0 Å². The van der Waals surface area contributed by atoms with E-state index in [1.54, 1.807) is 0 Å². The number of hydrogen-bond donors (Lipinski definition) is 1. The maximum atomic E-state index is 5.79. The average molecular weight is 263 g/mol. The predicted molar refractivity (Wildman–Crippen MR) is 82.4 cm³/mol. The molecular weight excluding hydrogens is 234 g/mol. The van der Waals surface area contributed by atoms with Gasteiger partial charge in [-0.05, 0) is 19.0 Å². The van der Waals surface area contributed by atoms with Gasteiger partial charge in [-0.1, -0.05) is 69.4 Å². The summed E-state index contributed by atoms with van der Waals surface area (Å²) < 4.78 is 5.79. The predicted octanol–water partition coefficient (Wildman–Crippen LogP) is 4.32. The van der Waals surface area contributed by atoms with Crippen molar-refractivity contribution in [2.24, 2.45) is 0 Å². The van der Waals surface area contributed by atoms with Crippen molar-refractivity contribution in [3.63, 3.8) is 0 Å². The third kappa shape index (κ3) is 7.34. The van der Waals surface area contributed by atoms with Gasteiger partial charge in [0.05, 0.1) is 12.6 Å². The molecule has 0 amide bonds. The lowest BCUT2D eigenvalue weighted by molar-refractivity contribution is 0.110. The molecule has 1 rings (SSSR count). The second kappa shape index (κ2) is 11.0. The van der Waals surface area contributed by atoms with Gasteiger partial charge < -0.3 is 10.1 Å². The standard InChI is InChI=1S/C17H29NO/c1-3-4-5-6-7-11-14-19-15-17(18-2)16-12-9-8-10-13-16/h8-10,12-13,17-18H,3-7,11,14-15H2,1-2H3. The van der Waals surface area contributed by atoms with Crippen molar-refractivity contribution in [3.8, 4) is 0 Å². The van der Waals surface area contributed by atoms with Crippen LogP contribution in [0.25, 0.3) is 0 Å². The molecule has 2 nitrogen and oxygen atoms in total. The summed E-state index contributed by atoms with van der Waals surface area (Å²) >= 11 is 0. The van der Waals surface area contributed by atoms with Crippen LogP contribution in [0.4, 0.5) is 0 Å². The monoisotopic (exact) mass is 263 g/mol. The number of likely N-dealkylation sites (N-methyl/N-ethyl adjacent to an activating group) is 1. The molecule has 19 heavy (non-hydrogen) atoms. The van der Waals surface area contributed by atoms with E-state index in [1.807, 2.05) is 13.1 Å². The van der Waals surface area contributed by atoms with Gasteiger partial charge in [0, 0.05) is 6.61 Å². The molecule has 0 aromatic heterocycles. The molecule has 0 fully saturated rings. The third-order valence-corrected chi connectivity index (χ3v) is 3.48. The van der Waals surface area contributed by atoms with Crippen LogP contribution in [0.3, 0.4) is 0 Å². The molecule has 0 aliphatic rings. The largest absolute Gasteiger partial charge is 0.379 e. The molecular formula is C17H29NO. The van der Waals surface area contributed by atoms with Crippen LogP contribution in [0, 0.1) is 0 Å². The fourth-order valence-corrected chi connectivity index (χ4v) is 2.22. The fourth-order valence-electron chi connectivity index (χ4n) is 2.22. The number of ether oxygens (including phenoxy) is 1. The molecule has 0 radical (unpaired) electrons. The Labute approximate surface area is 118 Å². The highest BCUT2D eigenvalue weighted by Gasteiger charge is 2.07. The van der Waals surface area contributed by atoms with Crippen LogP contribution in [0.1, 0.15) is 57.1 Å². The Balaban J connectivity index is 2.07. The van der Waals surface area contributed by atoms with Crippen molar-refractivity contribution in [2.45, 2.75) is 51.5 Å². The van der Waals surface area contributed by atoms with E-state index in [1.165, 1.54) is 44.1 Å². The molecule has 0 aliphatic heterocycles. The van der Waals surface area contributed by atoms with E-state index in [-0.39, 0.29) is 0 Å². The topological polar surface area (TPSA) is 21.3 Å². The normalized spacial score (nSPS) is 12.5. The Hall–Kier alpha value is -0.860. The van der Waals surface area contributed by atoms with Crippen molar-refractivity contribution < 1.29 is 4.74 Å². The lowest BCUT2D eigenvalue weighted by Gasteiger charge is -2.16. The molecule has 2 heteroatoms. The van der Waals surface area contributed by atoms with Crippen LogP contribution in [0.2, 0.25) is 0 Å². The lowest BCUT2D eigenvalue weighted by Crippen LogP contribution is -2.22.